The highest BCUT2D eigenvalue weighted by molar-refractivity contribution is 6.17. The average molecular weight is 250 g/mol. The molecule has 0 spiro atoms. The summed E-state index contributed by atoms with van der Waals surface area (Å²) >= 11 is 0. The summed E-state index contributed by atoms with van der Waals surface area (Å²) in [7, 11) is 0. The van der Waals surface area contributed by atoms with E-state index in [-0.39, 0.29) is 5.91 Å². The molecule has 0 saturated carbocycles. The number of halogens is 1. The van der Waals surface area contributed by atoms with E-state index in [4.69, 9.17) is 0 Å². The van der Waals surface area contributed by atoms with E-state index in [1.54, 1.807) is 0 Å². The molecule has 1 aromatic carbocycles. The third kappa shape index (κ3) is 1.96. The zero-order valence-electron chi connectivity index (χ0n) is 10.4. The van der Waals surface area contributed by atoms with Crippen LogP contribution in [0.5, 0.6) is 0 Å². The first kappa shape index (κ1) is 12.5. The molecule has 1 atom stereocenters. The van der Waals surface area contributed by atoms with Gasteiger partial charge in [-0.2, -0.15) is 0 Å². The van der Waals surface area contributed by atoms with Crippen LogP contribution in [0.25, 0.3) is 0 Å². The van der Waals surface area contributed by atoms with Gasteiger partial charge in [-0.05, 0) is 37.6 Å². The van der Waals surface area contributed by atoms with Gasteiger partial charge in [-0.1, -0.05) is 6.92 Å². The number of imide groups is 1. The first-order valence-corrected chi connectivity index (χ1v) is 5.86. The Morgan fingerprint density at radius 1 is 1.33 bits per heavy atom. The molecule has 1 saturated heterocycles. The van der Waals surface area contributed by atoms with E-state index in [0.717, 1.165) is 4.90 Å². The Bertz CT molecular complexity index is 486. The molecule has 0 aliphatic carbocycles. The van der Waals surface area contributed by atoms with E-state index in [1.807, 2.05) is 13.8 Å². The number of carbonyl (C=O) groups is 2. The molecule has 0 bridgehead atoms. The Morgan fingerprint density at radius 3 is 2.50 bits per heavy atom. The topological polar surface area (TPSA) is 49.4 Å². The van der Waals surface area contributed by atoms with Gasteiger partial charge in [0.15, 0.2) is 0 Å². The van der Waals surface area contributed by atoms with E-state index in [0.29, 0.717) is 18.7 Å². The van der Waals surface area contributed by atoms with E-state index in [9.17, 15) is 14.0 Å². The van der Waals surface area contributed by atoms with Gasteiger partial charge in [-0.3, -0.25) is 4.79 Å². The molecule has 0 aromatic heterocycles. The summed E-state index contributed by atoms with van der Waals surface area (Å²) < 4.78 is 12.9. The van der Waals surface area contributed by atoms with Crippen LogP contribution in [0.15, 0.2) is 24.3 Å². The van der Waals surface area contributed by atoms with Crippen LogP contribution in [0.1, 0.15) is 20.3 Å². The first-order chi connectivity index (χ1) is 8.48. The quantitative estimate of drug-likeness (QED) is 0.875. The fourth-order valence-electron chi connectivity index (χ4n) is 1.89. The molecule has 1 aliphatic rings. The van der Waals surface area contributed by atoms with Gasteiger partial charge >= 0.3 is 6.03 Å². The van der Waals surface area contributed by atoms with Gasteiger partial charge in [-0.25, -0.2) is 14.1 Å². The molecule has 4 nitrogen and oxygen atoms in total. The maximum Gasteiger partial charge on any atom is 0.328 e. The highest BCUT2D eigenvalue weighted by atomic mass is 19.1. The minimum absolute atomic E-state index is 0.250. The Kier molecular flexibility index (Phi) is 3.07. The molecule has 5 heteroatoms. The summed E-state index contributed by atoms with van der Waals surface area (Å²) in [5.41, 5.74) is -0.222. The molecular formula is C13H15FN2O2. The molecule has 1 unspecified atom stereocenters. The number of urea groups is 1. The van der Waals surface area contributed by atoms with Gasteiger partial charge in [0.1, 0.15) is 5.82 Å². The van der Waals surface area contributed by atoms with Gasteiger partial charge in [0.2, 0.25) is 5.91 Å². The zero-order chi connectivity index (χ0) is 13.3. The predicted octanol–water partition coefficient (Wildman–Crippen LogP) is 2.30. The van der Waals surface area contributed by atoms with E-state index >= 15 is 0 Å². The summed E-state index contributed by atoms with van der Waals surface area (Å²) in [4.78, 5) is 25.2. The number of nitrogens with one attached hydrogen (secondary N) is 1. The van der Waals surface area contributed by atoms with Crippen LogP contribution in [-0.4, -0.2) is 18.5 Å². The van der Waals surface area contributed by atoms with Crippen molar-refractivity contribution in [3.63, 3.8) is 0 Å². The van der Waals surface area contributed by atoms with Gasteiger partial charge in [0.05, 0.1) is 11.1 Å². The van der Waals surface area contributed by atoms with Crippen LogP contribution in [0, 0.1) is 11.2 Å². The molecule has 1 aromatic rings. The van der Waals surface area contributed by atoms with Crippen molar-refractivity contribution in [2.75, 3.05) is 11.4 Å². The Labute approximate surface area is 105 Å². The first-order valence-electron chi connectivity index (χ1n) is 5.86. The van der Waals surface area contributed by atoms with E-state index in [1.165, 1.54) is 24.3 Å². The Balaban J connectivity index is 2.38. The van der Waals surface area contributed by atoms with E-state index in [2.05, 4.69) is 5.32 Å². The summed E-state index contributed by atoms with van der Waals surface area (Å²) in [5.74, 6) is -0.651. The predicted molar refractivity (Wildman–Crippen MR) is 65.7 cm³/mol. The highest BCUT2D eigenvalue weighted by Crippen LogP contribution is 2.30. The molecular weight excluding hydrogens is 235 g/mol. The van der Waals surface area contributed by atoms with Crippen molar-refractivity contribution in [1.82, 2.24) is 5.32 Å². The summed E-state index contributed by atoms with van der Waals surface area (Å²) in [5, 5.41) is 2.69. The number of rotatable bonds is 2. The molecule has 96 valence electrons. The number of carbonyl (C=O) groups excluding carboxylic acids is 2. The maximum atomic E-state index is 12.9. The smallest absolute Gasteiger partial charge is 0.328 e. The minimum atomic E-state index is -0.609. The fourth-order valence-corrected chi connectivity index (χ4v) is 1.89. The van der Waals surface area contributed by atoms with Gasteiger partial charge in [0.25, 0.3) is 0 Å². The SMILES string of the molecule is CCC1(C)CNC(=O)N(c2ccc(F)cc2)C1=O. The molecule has 18 heavy (non-hydrogen) atoms. The molecule has 3 amide bonds. The van der Waals surface area contributed by atoms with Gasteiger partial charge in [-0.15, -0.1) is 0 Å². The molecule has 1 heterocycles. The van der Waals surface area contributed by atoms with Crippen molar-refractivity contribution in [2.24, 2.45) is 5.41 Å². The third-order valence-electron chi connectivity index (χ3n) is 3.42. The van der Waals surface area contributed by atoms with Crippen molar-refractivity contribution in [1.29, 1.82) is 0 Å². The number of hydrogen-bond donors (Lipinski definition) is 1. The third-order valence-corrected chi connectivity index (χ3v) is 3.42. The second-order valence-electron chi connectivity index (χ2n) is 4.69. The summed E-state index contributed by atoms with van der Waals surface area (Å²) in [6.07, 6.45) is 0.629. The van der Waals surface area contributed by atoms with Crippen LogP contribution in [0.3, 0.4) is 0 Å². The number of amides is 3. The van der Waals surface area contributed by atoms with Crippen LogP contribution in [-0.2, 0) is 4.79 Å². The second kappa shape index (κ2) is 4.40. The molecule has 1 N–H and O–H groups in total. The number of nitrogens with zero attached hydrogens (tertiary/aromatic N) is 1. The lowest BCUT2D eigenvalue weighted by Gasteiger charge is -2.37. The van der Waals surface area contributed by atoms with Crippen LogP contribution < -0.4 is 10.2 Å². The lowest BCUT2D eigenvalue weighted by Crippen LogP contribution is -2.59. The number of benzene rings is 1. The largest absolute Gasteiger partial charge is 0.336 e. The Hall–Kier alpha value is -1.91. The molecule has 0 radical (unpaired) electrons. The molecule has 1 aliphatic heterocycles. The fraction of sp³-hybridized carbons (Fsp3) is 0.385. The maximum absolute atomic E-state index is 12.9. The number of anilines is 1. The lowest BCUT2D eigenvalue weighted by molar-refractivity contribution is -0.127. The van der Waals surface area contributed by atoms with Crippen molar-refractivity contribution < 1.29 is 14.0 Å². The van der Waals surface area contributed by atoms with E-state index < -0.39 is 17.3 Å². The molecule has 2 rings (SSSR count). The standard InChI is InChI=1S/C13H15FN2O2/c1-3-13(2)8-15-12(18)16(11(13)17)10-6-4-9(14)5-7-10/h4-7H,3,8H2,1-2H3,(H,15,18). The molecule has 1 fully saturated rings. The van der Waals surface area contributed by atoms with Crippen molar-refractivity contribution in [3.05, 3.63) is 30.1 Å². The lowest BCUT2D eigenvalue weighted by atomic mass is 9.84. The van der Waals surface area contributed by atoms with Crippen molar-refractivity contribution >= 4 is 17.6 Å². The number of hydrogen-bond acceptors (Lipinski definition) is 2. The second-order valence-corrected chi connectivity index (χ2v) is 4.69. The minimum Gasteiger partial charge on any atom is -0.336 e. The summed E-state index contributed by atoms with van der Waals surface area (Å²) in [6.45, 7) is 4.04. The summed E-state index contributed by atoms with van der Waals surface area (Å²) in [6, 6.07) is 4.85. The van der Waals surface area contributed by atoms with Crippen LogP contribution >= 0.6 is 0 Å². The normalized spacial score (nSPS) is 24.1. The van der Waals surface area contributed by atoms with Crippen molar-refractivity contribution in [2.45, 2.75) is 20.3 Å². The van der Waals surface area contributed by atoms with Crippen molar-refractivity contribution in [3.8, 4) is 0 Å². The monoisotopic (exact) mass is 250 g/mol. The van der Waals surface area contributed by atoms with Crippen LogP contribution in [0.2, 0.25) is 0 Å². The van der Waals surface area contributed by atoms with Gasteiger partial charge < -0.3 is 5.32 Å². The highest BCUT2D eigenvalue weighted by Gasteiger charge is 2.43. The zero-order valence-corrected chi connectivity index (χ0v) is 10.4. The van der Waals surface area contributed by atoms with Gasteiger partial charge in [0, 0.05) is 6.54 Å². The average Bonchev–Trinajstić information content (AvgIpc) is 2.37. The Morgan fingerprint density at radius 2 is 1.94 bits per heavy atom. The van der Waals surface area contributed by atoms with Crippen LogP contribution in [0.4, 0.5) is 14.9 Å².